The van der Waals surface area contributed by atoms with Crippen LogP contribution in [-0.4, -0.2) is 60.5 Å². The van der Waals surface area contributed by atoms with Gasteiger partial charge in [0.25, 0.3) is 0 Å². The molecule has 1 saturated heterocycles. The van der Waals surface area contributed by atoms with E-state index in [1.54, 1.807) is 24.5 Å². The van der Waals surface area contributed by atoms with Gasteiger partial charge in [-0.15, -0.1) is 10.2 Å². The lowest BCUT2D eigenvalue weighted by molar-refractivity contribution is 0.477. The predicted molar refractivity (Wildman–Crippen MR) is 143 cm³/mol. The van der Waals surface area contributed by atoms with E-state index < -0.39 is 0 Å². The molecule has 4 heterocycles. The van der Waals surface area contributed by atoms with Crippen molar-refractivity contribution in [3.8, 4) is 28.8 Å². The Bertz CT molecular complexity index is 1460. The number of nitrogens with zero attached hydrogens (tertiary/aromatic N) is 8. The van der Waals surface area contributed by atoms with Crippen LogP contribution in [0.3, 0.4) is 0 Å². The van der Waals surface area contributed by atoms with Gasteiger partial charge in [0.15, 0.2) is 5.82 Å². The molecule has 3 N–H and O–H groups in total. The highest BCUT2D eigenvalue weighted by atomic mass is 16.3. The van der Waals surface area contributed by atoms with Gasteiger partial charge in [0.05, 0.1) is 17.9 Å². The normalized spacial score (nSPS) is 15.7. The number of aromatic nitrogens is 6. The van der Waals surface area contributed by atoms with Crippen LogP contribution in [0, 0.1) is 18.8 Å². The zero-order valence-electron chi connectivity index (χ0n) is 20.9. The number of imidazole rings is 1. The molecule has 3 aromatic heterocycles. The van der Waals surface area contributed by atoms with Crippen molar-refractivity contribution in [1.82, 2.24) is 29.7 Å². The lowest BCUT2D eigenvalue weighted by Crippen LogP contribution is -2.35. The number of benzene rings is 1. The summed E-state index contributed by atoms with van der Waals surface area (Å²) in [5.41, 5.74) is 8.27. The number of nitrogen functional groups attached to an aromatic ring is 1. The summed E-state index contributed by atoms with van der Waals surface area (Å²) in [6, 6.07) is 11.2. The second-order valence-corrected chi connectivity index (χ2v) is 8.98. The van der Waals surface area contributed by atoms with Crippen LogP contribution in [0.4, 0.5) is 17.3 Å². The molecule has 10 nitrogen and oxygen atoms in total. The number of aromatic hydroxyl groups is 1. The quantitative estimate of drug-likeness (QED) is 0.412. The highest BCUT2D eigenvalue weighted by Crippen LogP contribution is 2.32. The van der Waals surface area contributed by atoms with Gasteiger partial charge < -0.3 is 25.2 Å². The summed E-state index contributed by atoms with van der Waals surface area (Å²) in [5.74, 6) is 9.01. The summed E-state index contributed by atoms with van der Waals surface area (Å²) >= 11 is 0. The van der Waals surface area contributed by atoms with Crippen LogP contribution in [0.25, 0.3) is 11.3 Å². The molecule has 0 unspecified atom stereocenters. The SMILES string of the molecule is Cc1nccn1CC#Cc1nccc(N2CCN(c3cc(-c4ccccc4O)nnc3N)CC[C@H]2C)n1. The van der Waals surface area contributed by atoms with Crippen LogP contribution in [0.1, 0.15) is 25.0 Å². The molecule has 0 spiro atoms. The summed E-state index contributed by atoms with van der Waals surface area (Å²) < 4.78 is 1.98. The Hall–Kier alpha value is -4.65. The van der Waals surface area contributed by atoms with Crippen LogP contribution in [0.15, 0.2) is 55.0 Å². The number of para-hydroxylation sites is 1. The minimum Gasteiger partial charge on any atom is -0.507 e. The van der Waals surface area contributed by atoms with Crippen LogP contribution < -0.4 is 15.5 Å². The van der Waals surface area contributed by atoms with Crippen LogP contribution in [0.2, 0.25) is 0 Å². The first-order valence-corrected chi connectivity index (χ1v) is 12.2. The van der Waals surface area contributed by atoms with E-state index in [1.807, 2.05) is 42.0 Å². The zero-order valence-corrected chi connectivity index (χ0v) is 20.9. The Morgan fingerprint density at radius 1 is 1.08 bits per heavy atom. The molecule has 1 atom stereocenters. The molecule has 1 aliphatic rings. The van der Waals surface area contributed by atoms with Crippen molar-refractivity contribution >= 4 is 17.3 Å². The van der Waals surface area contributed by atoms with E-state index in [0.717, 1.165) is 43.4 Å². The fourth-order valence-electron chi connectivity index (χ4n) is 4.45. The van der Waals surface area contributed by atoms with E-state index in [9.17, 15) is 5.11 Å². The molecule has 0 amide bonds. The monoisotopic (exact) mass is 495 g/mol. The third-order valence-electron chi connectivity index (χ3n) is 6.59. The molecule has 0 radical (unpaired) electrons. The number of hydrogen-bond donors (Lipinski definition) is 2. The van der Waals surface area contributed by atoms with Gasteiger partial charge in [-0.05, 0) is 50.5 Å². The summed E-state index contributed by atoms with van der Waals surface area (Å²) in [7, 11) is 0. The van der Waals surface area contributed by atoms with Crippen molar-refractivity contribution in [2.24, 2.45) is 0 Å². The maximum Gasteiger partial charge on any atom is 0.206 e. The summed E-state index contributed by atoms with van der Waals surface area (Å²) in [6.45, 7) is 6.96. The minimum atomic E-state index is 0.158. The van der Waals surface area contributed by atoms with Gasteiger partial charge in [0.1, 0.15) is 17.4 Å². The number of phenols is 1. The number of nitrogens with two attached hydrogens (primary N) is 1. The fourth-order valence-corrected chi connectivity index (χ4v) is 4.45. The Morgan fingerprint density at radius 2 is 1.95 bits per heavy atom. The van der Waals surface area contributed by atoms with Gasteiger partial charge in [0.2, 0.25) is 5.82 Å². The molecule has 0 bridgehead atoms. The van der Waals surface area contributed by atoms with Crippen molar-refractivity contribution < 1.29 is 5.11 Å². The topological polar surface area (TPSA) is 122 Å². The number of phenolic OH excluding ortho intramolecular Hbond substituents is 1. The van der Waals surface area contributed by atoms with E-state index in [4.69, 9.17) is 10.7 Å². The molecule has 10 heteroatoms. The van der Waals surface area contributed by atoms with E-state index in [1.165, 1.54) is 0 Å². The van der Waals surface area contributed by atoms with Crippen molar-refractivity contribution in [2.45, 2.75) is 32.9 Å². The molecule has 1 fully saturated rings. The largest absolute Gasteiger partial charge is 0.507 e. The summed E-state index contributed by atoms with van der Waals surface area (Å²) in [6.07, 6.45) is 6.33. The van der Waals surface area contributed by atoms with Crippen molar-refractivity contribution in [1.29, 1.82) is 0 Å². The number of rotatable bonds is 4. The smallest absolute Gasteiger partial charge is 0.206 e. The summed E-state index contributed by atoms with van der Waals surface area (Å²) in [4.78, 5) is 17.8. The van der Waals surface area contributed by atoms with E-state index in [0.29, 0.717) is 29.4 Å². The van der Waals surface area contributed by atoms with Gasteiger partial charge >= 0.3 is 0 Å². The van der Waals surface area contributed by atoms with Crippen LogP contribution in [0.5, 0.6) is 5.75 Å². The molecular weight excluding hydrogens is 466 g/mol. The molecule has 0 aliphatic carbocycles. The lowest BCUT2D eigenvalue weighted by Gasteiger charge is -2.28. The van der Waals surface area contributed by atoms with Gasteiger partial charge in [-0.1, -0.05) is 18.1 Å². The summed E-state index contributed by atoms with van der Waals surface area (Å²) in [5, 5.41) is 18.7. The molecule has 0 saturated carbocycles. The molecule has 4 aromatic rings. The van der Waals surface area contributed by atoms with Gasteiger partial charge in [0, 0.05) is 49.8 Å². The number of anilines is 3. The average Bonchev–Trinajstić information content (AvgIpc) is 3.21. The Kier molecular flexibility index (Phi) is 6.85. The number of aryl methyl sites for hydroxylation is 1. The van der Waals surface area contributed by atoms with E-state index in [2.05, 4.69) is 48.7 Å². The number of hydrogen-bond acceptors (Lipinski definition) is 9. The highest BCUT2D eigenvalue weighted by Gasteiger charge is 2.24. The minimum absolute atomic E-state index is 0.158. The van der Waals surface area contributed by atoms with E-state index >= 15 is 0 Å². The highest BCUT2D eigenvalue weighted by molar-refractivity contribution is 5.74. The molecule has 1 aromatic carbocycles. The molecule has 5 rings (SSSR count). The van der Waals surface area contributed by atoms with Gasteiger partial charge in [-0.25, -0.2) is 15.0 Å². The third-order valence-corrected chi connectivity index (χ3v) is 6.59. The van der Waals surface area contributed by atoms with Gasteiger partial charge in [-0.3, -0.25) is 0 Å². The molecule has 188 valence electrons. The standard InChI is InChI=1S/C27H29N9O/c1-19-10-14-35(23-18-22(32-33-27(23)28)21-6-3-4-7-24(21)37)16-17-36(19)26-9-11-30-25(31-26)8-5-13-34-15-12-29-20(34)2/h3-4,6-7,9,11-12,15,18-19,37H,10,13-14,16-17H2,1-2H3,(H2,28,33)/t19-/m1/s1. The Labute approximate surface area is 215 Å². The average molecular weight is 496 g/mol. The maximum absolute atomic E-state index is 10.3. The second kappa shape index (κ2) is 10.5. The molecule has 37 heavy (non-hydrogen) atoms. The lowest BCUT2D eigenvalue weighted by atomic mass is 10.1. The third kappa shape index (κ3) is 5.30. The first kappa shape index (κ1) is 24.1. The molecule has 1 aliphatic heterocycles. The predicted octanol–water partition coefficient (Wildman–Crippen LogP) is 2.88. The van der Waals surface area contributed by atoms with Gasteiger partial charge in [-0.2, -0.15) is 0 Å². The zero-order chi connectivity index (χ0) is 25.8. The maximum atomic E-state index is 10.3. The first-order chi connectivity index (χ1) is 18.0. The Morgan fingerprint density at radius 3 is 2.76 bits per heavy atom. The molecular formula is C27H29N9O. The van der Waals surface area contributed by atoms with Crippen molar-refractivity contribution in [3.63, 3.8) is 0 Å². The second-order valence-electron chi connectivity index (χ2n) is 8.98. The fraction of sp³-hybridized carbons (Fsp3) is 0.296. The Balaban J connectivity index is 1.33. The van der Waals surface area contributed by atoms with E-state index in [-0.39, 0.29) is 11.8 Å². The van der Waals surface area contributed by atoms with Crippen LogP contribution in [-0.2, 0) is 6.54 Å². The van der Waals surface area contributed by atoms with Crippen molar-refractivity contribution in [3.05, 3.63) is 66.6 Å². The first-order valence-electron chi connectivity index (χ1n) is 12.2. The van der Waals surface area contributed by atoms with Crippen LogP contribution >= 0.6 is 0 Å². The van der Waals surface area contributed by atoms with Crippen molar-refractivity contribution in [2.75, 3.05) is 35.2 Å².